The molecule has 172 valence electrons. The molecule has 2 aromatic carbocycles. The van der Waals surface area contributed by atoms with Gasteiger partial charge in [0.15, 0.2) is 5.69 Å². The van der Waals surface area contributed by atoms with E-state index in [2.05, 4.69) is 40.3 Å². The number of nitrogens with two attached hydrogens (primary N) is 1. The Morgan fingerprint density at radius 1 is 1.24 bits per heavy atom. The second kappa shape index (κ2) is 9.15. The lowest BCUT2D eigenvalue weighted by atomic mass is 9.95. The number of anilines is 2. The number of ether oxygens (including phenoxy) is 1. The number of hydrogen-bond donors (Lipinski definition) is 2. The largest absolute Gasteiger partial charge is 0.496 e. The molecule has 0 fully saturated rings. The molecule has 7 nitrogen and oxygen atoms in total. The van der Waals surface area contributed by atoms with Crippen LogP contribution in [0.15, 0.2) is 36.4 Å². The maximum absolute atomic E-state index is 14.6. The van der Waals surface area contributed by atoms with Gasteiger partial charge in [-0.3, -0.25) is 9.69 Å². The molecule has 0 radical (unpaired) electrons. The molecule has 2 heterocycles. The van der Waals surface area contributed by atoms with Crippen molar-refractivity contribution in [3.8, 4) is 5.75 Å². The van der Waals surface area contributed by atoms with Gasteiger partial charge < -0.3 is 15.8 Å². The van der Waals surface area contributed by atoms with Gasteiger partial charge in [0.05, 0.1) is 24.0 Å². The number of aryl methyl sites for hydroxylation is 1. The van der Waals surface area contributed by atoms with Crippen molar-refractivity contribution in [1.29, 1.82) is 0 Å². The van der Waals surface area contributed by atoms with Gasteiger partial charge in [-0.1, -0.05) is 12.1 Å². The van der Waals surface area contributed by atoms with Crippen LogP contribution in [0.5, 0.6) is 5.75 Å². The number of amides is 1. The summed E-state index contributed by atoms with van der Waals surface area (Å²) in [5, 5.41) is 11.8. The highest BCUT2D eigenvalue weighted by Gasteiger charge is 2.22. The Morgan fingerprint density at radius 2 is 2.03 bits per heavy atom. The number of hydrogen-bond acceptors (Lipinski definition) is 6. The Kier molecular flexibility index (Phi) is 6.29. The summed E-state index contributed by atoms with van der Waals surface area (Å²) in [5.74, 6) is -0.519. The number of carbonyl (C=O) groups excluding carboxylic acids is 1. The molecule has 0 unspecified atom stereocenters. The van der Waals surface area contributed by atoms with Gasteiger partial charge in [-0.2, -0.15) is 0 Å². The third kappa shape index (κ3) is 4.52. The lowest BCUT2D eigenvalue weighted by Crippen LogP contribution is -2.34. The highest BCUT2D eigenvalue weighted by atomic mass is 19.1. The van der Waals surface area contributed by atoms with Crippen LogP contribution in [0, 0.1) is 12.7 Å². The summed E-state index contributed by atoms with van der Waals surface area (Å²) in [4.78, 5) is 14.5. The van der Waals surface area contributed by atoms with Gasteiger partial charge in [0.1, 0.15) is 11.6 Å². The first-order valence-electron chi connectivity index (χ1n) is 10.9. The van der Waals surface area contributed by atoms with Crippen LogP contribution in [0.4, 0.5) is 15.8 Å². The highest BCUT2D eigenvalue weighted by Crippen LogP contribution is 2.37. The first-order chi connectivity index (χ1) is 15.8. The van der Waals surface area contributed by atoms with Crippen LogP contribution in [0.2, 0.25) is 0 Å². The Bertz CT molecular complexity index is 1260. The Labute approximate surface area is 192 Å². The molecule has 4 rings (SSSR count). The molecular formula is C25H28FN5O2. The van der Waals surface area contributed by atoms with Crippen LogP contribution in [0.25, 0.3) is 16.5 Å². The van der Waals surface area contributed by atoms with Gasteiger partial charge in [-0.15, -0.1) is 10.2 Å². The monoisotopic (exact) mass is 449 g/mol. The van der Waals surface area contributed by atoms with Crippen LogP contribution in [0.3, 0.4) is 0 Å². The van der Waals surface area contributed by atoms with E-state index >= 15 is 0 Å². The summed E-state index contributed by atoms with van der Waals surface area (Å²) in [6, 6.07) is 9.00. The van der Waals surface area contributed by atoms with Crippen molar-refractivity contribution >= 4 is 33.8 Å². The minimum atomic E-state index is -0.749. The Hall–Kier alpha value is -3.52. The third-order valence-corrected chi connectivity index (χ3v) is 6.02. The summed E-state index contributed by atoms with van der Waals surface area (Å²) in [6.45, 7) is 7.95. The SMILES string of the molecule is COc1cc2nnc(C(N)=O)c(Nc3ccc(C)cc3F)c2cc1C1=CCN(C(C)C)CC1. The predicted molar refractivity (Wildman–Crippen MR) is 128 cm³/mol. The quantitative estimate of drug-likeness (QED) is 0.578. The van der Waals surface area contributed by atoms with Crippen molar-refractivity contribution < 1.29 is 13.9 Å². The summed E-state index contributed by atoms with van der Waals surface area (Å²) >= 11 is 0. The fraction of sp³-hybridized carbons (Fsp3) is 0.320. The molecule has 0 atom stereocenters. The van der Waals surface area contributed by atoms with Crippen LogP contribution in [0.1, 0.15) is 41.9 Å². The number of rotatable bonds is 6. The van der Waals surface area contributed by atoms with Crippen molar-refractivity contribution in [3.05, 3.63) is 59.0 Å². The van der Waals surface area contributed by atoms with Gasteiger partial charge in [-0.05, 0) is 56.5 Å². The normalized spacial score (nSPS) is 14.4. The van der Waals surface area contributed by atoms with Crippen molar-refractivity contribution in [2.45, 2.75) is 33.2 Å². The second-order valence-corrected chi connectivity index (χ2v) is 8.53. The number of halogens is 1. The van der Waals surface area contributed by atoms with Gasteiger partial charge in [0.2, 0.25) is 0 Å². The minimum Gasteiger partial charge on any atom is -0.496 e. The molecule has 1 aliphatic heterocycles. The van der Waals surface area contributed by atoms with Crippen LogP contribution < -0.4 is 15.8 Å². The summed E-state index contributed by atoms with van der Waals surface area (Å²) in [6.07, 6.45) is 3.06. The van der Waals surface area contributed by atoms with Crippen molar-refractivity contribution in [2.75, 3.05) is 25.5 Å². The first kappa shape index (κ1) is 22.7. The molecular weight excluding hydrogens is 421 g/mol. The zero-order chi connectivity index (χ0) is 23.7. The van der Waals surface area contributed by atoms with E-state index in [-0.39, 0.29) is 11.4 Å². The van der Waals surface area contributed by atoms with Gasteiger partial charge in [0, 0.05) is 36.1 Å². The lowest BCUT2D eigenvalue weighted by molar-refractivity contribution is 0.0995. The zero-order valence-electron chi connectivity index (χ0n) is 19.3. The molecule has 1 amide bonds. The lowest BCUT2D eigenvalue weighted by Gasteiger charge is -2.30. The van der Waals surface area contributed by atoms with E-state index in [9.17, 15) is 9.18 Å². The zero-order valence-corrected chi connectivity index (χ0v) is 19.3. The average molecular weight is 450 g/mol. The Balaban J connectivity index is 1.88. The maximum Gasteiger partial charge on any atom is 0.271 e. The van der Waals surface area contributed by atoms with Crippen LogP contribution in [-0.4, -0.2) is 47.2 Å². The number of benzene rings is 2. The molecule has 3 aromatic rings. The number of carbonyl (C=O) groups is 1. The van der Waals surface area contributed by atoms with Crippen molar-refractivity contribution in [3.63, 3.8) is 0 Å². The van der Waals surface area contributed by atoms with Crippen LogP contribution >= 0.6 is 0 Å². The maximum atomic E-state index is 14.6. The number of methoxy groups -OCH3 is 1. The Morgan fingerprint density at radius 3 is 2.64 bits per heavy atom. The van der Waals surface area contributed by atoms with Gasteiger partial charge in [-0.25, -0.2) is 4.39 Å². The molecule has 8 heteroatoms. The summed E-state index contributed by atoms with van der Waals surface area (Å²) in [5.41, 5.74) is 9.43. The van der Waals surface area contributed by atoms with Crippen molar-refractivity contribution in [1.82, 2.24) is 15.1 Å². The van der Waals surface area contributed by atoms with Gasteiger partial charge in [0.25, 0.3) is 5.91 Å². The molecule has 3 N–H and O–H groups in total. The number of fused-ring (bicyclic) bond motifs is 1. The molecule has 0 bridgehead atoms. The second-order valence-electron chi connectivity index (χ2n) is 8.53. The molecule has 0 aliphatic carbocycles. The summed E-state index contributed by atoms with van der Waals surface area (Å²) < 4.78 is 20.3. The molecule has 1 aromatic heterocycles. The average Bonchev–Trinajstić information content (AvgIpc) is 2.79. The van der Waals surface area contributed by atoms with E-state index in [0.29, 0.717) is 28.4 Å². The smallest absolute Gasteiger partial charge is 0.271 e. The topological polar surface area (TPSA) is 93.4 Å². The third-order valence-electron chi connectivity index (χ3n) is 6.02. The van der Waals surface area contributed by atoms with E-state index in [1.165, 1.54) is 6.07 Å². The summed E-state index contributed by atoms with van der Waals surface area (Å²) in [7, 11) is 1.61. The van der Waals surface area contributed by atoms with Crippen LogP contribution in [-0.2, 0) is 0 Å². The standard InChI is InChI=1S/C25H28FN5O2/c1-14(2)31-9-7-16(8-10-31)17-12-18-21(13-22(17)33-4)29-30-24(25(27)32)23(18)28-20-6-5-15(3)11-19(20)26/h5-7,11-14H,8-10H2,1-4H3,(H2,27,32)(H,28,29). The predicted octanol–water partition coefficient (Wildman–Crippen LogP) is 4.43. The highest BCUT2D eigenvalue weighted by molar-refractivity contribution is 6.07. The number of nitrogens with one attached hydrogen (secondary N) is 1. The fourth-order valence-corrected chi connectivity index (χ4v) is 4.11. The van der Waals surface area contributed by atoms with E-state index in [1.54, 1.807) is 25.3 Å². The van der Waals surface area contributed by atoms with E-state index in [0.717, 1.165) is 36.2 Å². The first-order valence-corrected chi connectivity index (χ1v) is 10.9. The van der Waals surface area contributed by atoms with Crippen molar-refractivity contribution in [2.24, 2.45) is 5.73 Å². The molecule has 33 heavy (non-hydrogen) atoms. The molecule has 0 saturated carbocycles. The minimum absolute atomic E-state index is 0.0535. The molecule has 0 saturated heterocycles. The van der Waals surface area contributed by atoms with E-state index in [4.69, 9.17) is 10.5 Å². The van der Waals surface area contributed by atoms with E-state index in [1.807, 2.05) is 13.0 Å². The number of primary amides is 1. The number of nitrogens with zero attached hydrogens (tertiary/aromatic N) is 3. The number of aromatic nitrogens is 2. The molecule has 1 aliphatic rings. The molecule has 0 spiro atoms. The fourth-order valence-electron chi connectivity index (χ4n) is 4.11. The van der Waals surface area contributed by atoms with Gasteiger partial charge >= 0.3 is 0 Å². The van der Waals surface area contributed by atoms with E-state index < -0.39 is 11.7 Å².